The fourth-order valence-electron chi connectivity index (χ4n) is 2.14. The lowest BCUT2D eigenvalue weighted by molar-refractivity contribution is 1.39. The van der Waals surface area contributed by atoms with Crippen LogP contribution in [-0.2, 0) is 0 Å². The highest BCUT2D eigenvalue weighted by Gasteiger charge is 2.06. The van der Waals surface area contributed by atoms with Gasteiger partial charge in [-0.25, -0.2) is 0 Å². The topological polar surface area (TPSA) is 15.8 Å². The van der Waals surface area contributed by atoms with E-state index >= 15 is 0 Å². The van der Waals surface area contributed by atoms with Crippen molar-refractivity contribution in [3.8, 4) is 11.3 Å². The number of hydrogen-bond acceptors (Lipinski definition) is 0. The first-order valence-electron chi connectivity index (χ1n) is 5.59. The molecule has 0 aliphatic heterocycles. The molecule has 0 fully saturated rings. The summed E-state index contributed by atoms with van der Waals surface area (Å²) >= 11 is 3.57. The normalized spacial score (nSPS) is 10.9. The molecule has 0 spiro atoms. The molecule has 0 atom stereocenters. The Morgan fingerprint density at radius 3 is 2.59 bits per heavy atom. The Labute approximate surface area is 109 Å². The summed E-state index contributed by atoms with van der Waals surface area (Å²) in [5, 5.41) is 1.23. The fraction of sp³-hybridized carbons (Fsp3) is 0.0667. The van der Waals surface area contributed by atoms with E-state index in [9.17, 15) is 0 Å². The molecule has 1 heterocycles. The zero-order valence-electron chi connectivity index (χ0n) is 9.50. The highest BCUT2D eigenvalue weighted by molar-refractivity contribution is 9.10. The average Bonchev–Trinajstić information content (AvgIpc) is 2.75. The van der Waals surface area contributed by atoms with E-state index in [0.717, 1.165) is 9.99 Å². The quantitative estimate of drug-likeness (QED) is 0.654. The molecule has 0 amide bonds. The number of hydrogen-bond donors (Lipinski definition) is 1. The number of aromatic nitrogens is 1. The SMILES string of the molecule is Cc1ccccc1-c1cc2cccc(Br)c2[nH]1. The van der Waals surface area contributed by atoms with Crippen molar-refractivity contribution in [2.24, 2.45) is 0 Å². The number of halogens is 1. The number of benzene rings is 2. The molecule has 17 heavy (non-hydrogen) atoms. The molecule has 0 saturated carbocycles. The maximum atomic E-state index is 3.57. The van der Waals surface area contributed by atoms with E-state index in [4.69, 9.17) is 0 Å². The Hall–Kier alpha value is -1.54. The number of rotatable bonds is 1. The van der Waals surface area contributed by atoms with E-state index in [0.29, 0.717) is 0 Å². The van der Waals surface area contributed by atoms with E-state index in [1.54, 1.807) is 0 Å². The largest absolute Gasteiger partial charge is 0.354 e. The highest BCUT2D eigenvalue weighted by Crippen LogP contribution is 2.30. The zero-order chi connectivity index (χ0) is 11.8. The molecule has 0 bridgehead atoms. The number of H-pyrrole nitrogens is 1. The van der Waals surface area contributed by atoms with Crippen molar-refractivity contribution in [2.75, 3.05) is 0 Å². The van der Waals surface area contributed by atoms with Crippen molar-refractivity contribution in [3.63, 3.8) is 0 Å². The number of aryl methyl sites for hydroxylation is 1. The number of para-hydroxylation sites is 1. The Kier molecular flexibility index (Phi) is 2.52. The first kappa shape index (κ1) is 10.6. The molecule has 84 valence electrons. The summed E-state index contributed by atoms with van der Waals surface area (Å²) in [6.07, 6.45) is 0. The van der Waals surface area contributed by atoms with Crippen LogP contribution in [0.1, 0.15) is 5.56 Å². The smallest absolute Gasteiger partial charge is 0.0603 e. The Balaban J connectivity index is 2.26. The van der Waals surface area contributed by atoms with E-state index in [1.807, 2.05) is 0 Å². The highest BCUT2D eigenvalue weighted by atomic mass is 79.9. The minimum absolute atomic E-state index is 1.11. The van der Waals surface area contributed by atoms with Gasteiger partial charge in [-0.3, -0.25) is 0 Å². The molecule has 1 aromatic heterocycles. The summed E-state index contributed by atoms with van der Waals surface area (Å²) in [7, 11) is 0. The third-order valence-electron chi connectivity index (χ3n) is 3.04. The molecule has 1 nitrogen and oxygen atoms in total. The number of aromatic amines is 1. The van der Waals surface area contributed by atoms with E-state index in [2.05, 4.69) is 76.4 Å². The van der Waals surface area contributed by atoms with Gasteiger partial charge in [0.2, 0.25) is 0 Å². The van der Waals surface area contributed by atoms with Gasteiger partial charge in [0, 0.05) is 21.1 Å². The Bertz CT molecular complexity index is 682. The predicted molar refractivity (Wildman–Crippen MR) is 76.2 cm³/mol. The third kappa shape index (κ3) is 1.79. The standard InChI is InChI=1S/C15H12BrN/c1-10-5-2-3-7-12(10)14-9-11-6-4-8-13(16)15(11)17-14/h2-9,17H,1H3. The number of fused-ring (bicyclic) bond motifs is 1. The molecule has 3 rings (SSSR count). The molecule has 3 aromatic rings. The van der Waals surface area contributed by atoms with Gasteiger partial charge in [-0.05, 0) is 40.5 Å². The van der Waals surface area contributed by atoms with Crippen LogP contribution >= 0.6 is 15.9 Å². The summed E-state index contributed by atoms with van der Waals surface area (Å²) in [4.78, 5) is 3.47. The van der Waals surface area contributed by atoms with Gasteiger partial charge in [-0.2, -0.15) is 0 Å². The maximum Gasteiger partial charge on any atom is 0.0603 e. The van der Waals surface area contributed by atoms with E-state index in [-0.39, 0.29) is 0 Å². The monoisotopic (exact) mass is 285 g/mol. The van der Waals surface area contributed by atoms with Crippen molar-refractivity contribution in [1.82, 2.24) is 4.98 Å². The Morgan fingerprint density at radius 1 is 1.00 bits per heavy atom. The summed E-state index contributed by atoms with van der Waals surface area (Å²) < 4.78 is 1.11. The second kappa shape index (κ2) is 4.04. The van der Waals surface area contributed by atoms with Crippen LogP contribution < -0.4 is 0 Å². The van der Waals surface area contributed by atoms with Crippen LogP contribution in [0.3, 0.4) is 0 Å². The summed E-state index contributed by atoms with van der Waals surface area (Å²) in [5.41, 5.74) is 4.88. The first-order valence-corrected chi connectivity index (χ1v) is 6.38. The molecular weight excluding hydrogens is 274 g/mol. The van der Waals surface area contributed by atoms with E-state index in [1.165, 1.54) is 22.2 Å². The second-order valence-electron chi connectivity index (χ2n) is 4.20. The molecule has 0 radical (unpaired) electrons. The molecule has 0 unspecified atom stereocenters. The van der Waals surface area contributed by atoms with Crippen LogP contribution in [-0.4, -0.2) is 4.98 Å². The molecule has 0 aliphatic rings. The van der Waals surface area contributed by atoms with Crippen molar-refractivity contribution >= 4 is 26.8 Å². The van der Waals surface area contributed by atoms with Crippen molar-refractivity contribution in [3.05, 3.63) is 58.6 Å². The van der Waals surface area contributed by atoms with Gasteiger partial charge in [0.1, 0.15) is 0 Å². The van der Waals surface area contributed by atoms with Crippen LogP contribution in [0.4, 0.5) is 0 Å². The molecular formula is C15H12BrN. The van der Waals surface area contributed by atoms with E-state index < -0.39 is 0 Å². The number of nitrogens with one attached hydrogen (secondary N) is 1. The maximum absolute atomic E-state index is 3.57. The summed E-state index contributed by atoms with van der Waals surface area (Å²) in [5.74, 6) is 0. The van der Waals surface area contributed by atoms with Crippen molar-refractivity contribution < 1.29 is 0 Å². The summed E-state index contributed by atoms with van der Waals surface area (Å²) in [6, 6.07) is 16.9. The van der Waals surface area contributed by atoms with Gasteiger partial charge >= 0.3 is 0 Å². The van der Waals surface area contributed by atoms with Gasteiger partial charge in [-0.15, -0.1) is 0 Å². The minimum Gasteiger partial charge on any atom is -0.354 e. The lowest BCUT2D eigenvalue weighted by atomic mass is 10.1. The second-order valence-corrected chi connectivity index (χ2v) is 5.06. The zero-order valence-corrected chi connectivity index (χ0v) is 11.1. The van der Waals surface area contributed by atoms with Crippen molar-refractivity contribution in [1.29, 1.82) is 0 Å². The average molecular weight is 286 g/mol. The molecule has 1 N–H and O–H groups in total. The minimum atomic E-state index is 1.11. The predicted octanol–water partition coefficient (Wildman–Crippen LogP) is 4.91. The van der Waals surface area contributed by atoms with Crippen LogP contribution in [0.15, 0.2) is 53.0 Å². The van der Waals surface area contributed by atoms with Crippen molar-refractivity contribution in [2.45, 2.75) is 6.92 Å². The lowest BCUT2D eigenvalue weighted by Gasteiger charge is -2.01. The van der Waals surface area contributed by atoms with Gasteiger partial charge < -0.3 is 4.98 Å². The molecule has 2 aromatic carbocycles. The van der Waals surface area contributed by atoms with Crippen LogP contribution in [0.5, 0.6) is 0 Å². The van der Waals surface area contributed by atoms with Crippen LogP contribution in [0, 0.1) is 6.92 Å². The third-order valence-corrected chi connectivity index (χ3v) is 3.70. The van der Waals surface area contributed by atoms with Gasteiger partial charge in [0.25, 0.3) is 0 Å². The molecule has 2 heteroatoms. The van der Waals surface area contributed by atoms with Crippen LogP contribution in [0.2, 0.25) is 0 Å². The van der Waals surface area contributed by atoms with Gasteiger partial charge in [-0.1, -0.05) is 36.4 Å². The molecule has 0 aliphatic carbocycles. The van der Waals surface area contributed by atoms with Gasteiger partial charge in [0.15, 0.2) is 0 Å². The fourth-order valence-corrected chi connectivity index (χ4v) is 2.62. The van der Waals surface area contributed by atoms with Crippen LogP contribution in [0.25, 0.3) is 22.2 Å². The van der Waals surface area contributed by atoms with Gasteiger partial charge in [0.05, 0.1) is 5.52 Å². The lowest BCUT2D eigenvalue weighted by Crippen LogP contribution is -1.81. The first-order chi connectivity index (χ1) is 8.25. The Morgan fingerprint density at radius 2 is 1.82 bits per heavy atom. The molecule has 0 saturated heterocycles. The summed E-state index contributed by atoms with van der Waals surface area (Å²) in [6.45, 7) is 2.13.